The van der Waals surface area contributed by atoms with E-state index >= 15 is 0 Å². The lowest BCUT2D eigenvalue weighted by atomic mass is 9.81. The summed E-state index contributed by atoms with van der Waals surface area (Å²) in [6.07, 6.45) is -0.155. The van der Waals surface area contributed by atoms with Gasteiger partial charge in [0, 0.05) is 12.6 Å². The van der Waals surface area contributed by atoms with Gasteiger partial charge in [-0.3, -0.25) is 4.79 Å². The van der Waals surface area contributed by atoms with Crippen LogP contribution in [0, 0.1) is 0 Å². The van der Waals surface area contributed by atoms with E-state index in [2.05, 4.69) is 4.72 Å². The van der Waals surface area contributed by atoms with Crippen LogP contribution in [-0.4, -0.2) is 68.5 Å². The van der Waals surface area contributed by atoms with Crippen molar-refractivity contribution in [3.8, 4) is 0 Å². The fourth-order valence-corrected chi connectivity index (χ4v) is 5.79. The molecule has 2 atom stereocenters. The molecular weight excluding hydrogens is 461 g/mol. The van der Waals surface area contributed by atoms with E-state index < -0.39 is 46.4 Å². The molecule has 3 rings (SSSR count). The summed E-state index contributed by atoms with van der Waals surface area (Å²) in [6, 6.07) is 4.58. The summed E-state index contributed by atoms with van der Waals surface area (Å²) in [5, 5.41) is 9.31. The third-order valence-corrected chi connectivity index (χ3v) is 7.21. The molecule has 7 nitrogen and oxygen atoms in total. The van der Waals surface area contributed by atoms with Crippen LogP contribution >= 0.6 is 0 Å². The minimum Gasteiger partial charge on any atom is -0.387 e. The summed E-state index contributed by atoms with van der Waals surface area (Å²) in [5.41, 5.74) is -0.280. The van der Waals surface area contributed by atoms with Crippen molar-refractivity contribution in [2.45, 2.75) is 68.8 Å². The highest BCUT2D eigenvalue weighted by atomic mass is 32.2. The van der Waals surface area contributed by atoms with Gasteiger partial charge < -0.3 is 14.7 Å². The SMILES string of the molecule is CS(=O)(=O)NC1CCCN(C(=O)CO)C1COC1CCC(c2ccccc2C(F)(F)F)CC1. The first-order chi connectivity index (χ1) is 15.5. The van der Waals surface area contributed by atoms with Crippen LogP contribution in [0.25, 0.3) is 0 Å². The van der Waals surface area contributed by atoms with Crippen molar-refractivity contribution >= 4 is 15.9 Å². The van der Waals surface area contributed by atoms with Gasteiger partial charge in [0.2, 0.25) is 15.9 Å². The number of carbonyl (C=O) groups is 1. The van der Waals surface area contributed by atoms with Crippen molar-refractivity contribution in [2.75, 3.05) is 26.0 Å². The number of alkyl halides is 3. The second-order valence-corrected chi connectivity index (χ2v) is 10.6. The molecule has 1 amide bonds. The smallest absolute Gasteiger partial charge is 0.387 e. The molecule has 2 unspecified atom stereocenters. The molecular formula is C22H31F3N2O5S. The first-order valence-electron chi connectivity index (χ1n) is 11.1. The highest BCUT2D eigenvalue weighted by Crippen LogP contribution is 2.41. The van der Waals surface area contributed by atoms with Crippen molar-refractivity contribution in [1.29, 1.82) is 0 Å². The van der Waals surface area contributed by atoms with Crippen LogP contribution in [0.5, 0.6) is 0 Å². The number of amides is 1. The molecule has 1 aliphatic carbocycles. The average molecular weight is 493 g/mol. The van der Waals surface area contributed by atoms with Crippen LogP contribution in [0.1, 0.15) is 55.6 Å². The molecule has 2 aliphatic rings. The van der Waals surface area contributed by atoms with Crippen LogP contribution in [0.2, 0.25) is 0 Å². The largest absolute Gasteiger partial charge is 0.416 e. The first-order valence-corrected chi connectivity index (χ1v) is 13.0. The Balaban J connectivity index is 1.63. The van der Waals surface area contributed by atoms with Crippen LogP contribution in [-0.2, 0) is 25.7 Å². The number of aliphatic hydroxyl groups excluding tert-OH is 1. The Hall–Kier alpha value is -1.69. The van der Waals surface area contributed by atoms with Crippen molar-refractivity contribution in [3.63, 3.8) is 0 Å². The van der Waals surface area contributed by atoms with Gasteiger partial charge in [-0.1, -0.05) is 18.2 Å². The predicted molar refractivity (Wildman–Crippen MR) is 116 cm³/mol. The number of nitrogens with zero attached hydrogens (tertiary/aromatic N) is 1. The summed E-state index contributed by atoms with van der Waals surface area (Å²) < 4.78 is 72.3. The number of sulfonamides is 1. The van der Waals surface area contributed by atoms with Crippen LogP contribution in [0.15, 0.2) is 24.3 Å². The number of ether oxygens (including phenoxy) is 1. The maximum absolute atomic E-state index is 13.4. The van der Waals surface area contributed by atoms with Gasteiger partial charge in [0.05, 0.1) is 30.6 Å². The zero-order valence-corrected chi connectivity index (χ0v) is 19.4. The third kappa shape index (κ3) is 6.91. The van der Waals surface area contributed by atoms with Gasteiger partial charge >= 0.3 is 6.18 Å². The Morgan fingerprint density at radius 1 is 1.18 bits per heavy atom. The molecule has 1 aromatic carbocycles. The lowest BCUT2D eigenvalue weighted by Crippen LogP contribution is -2.59. The molecule has 2 N–H and O–H groups in total. The van der Waals surface area contributed by atoms with Crippen molar-refractivity contribution in [1.82, 2.24) is 9.62 Å². The van der Waals surface area contributed by atoms with Crippen LogP contribution in [0.3, 0.4) is 0 Å². The van der Waals surface area contributed by atoms with E-state index in [1.165, 1.54) is 17.0 Å². The van der Waals surface area contributed by atoms with Gasteiger partial charge in [-0.05, 0) is 56.1 Å². The third-order valence-electron chi connectivity index (χ3n) is 6.48. The number of piperidine rings is 1. The fourth-order valence-electron chi connectivity index (χ4n) is 4.96. The van der Waals surface area contributed by atoms with Gasteiger partial charge in [0.15, 0.2) is 0 Å². The second-order valence-electron chi connectivity index (χ2n) is 8.84. The Morgan fingerprint density at radius 3 is 2.45 bits per heavy atom. The molecule has 0 spiro atoms. The van der Waals surface area contributed by atoms with Crippen molar-refractivity contribution < 1.29 is 36.2 Å². The molecule has 1 saturated heterocycles. The maximum atomic E-state index is 13.4. The second kappa shape index (κ2) is 10.7. The Kier molecular flexibility index (Phi) is 8.41. The Bertz CT molecular complexity index is 917. The number of benzene rings is 1. The summed E-state index contributed by atoms with van der Waals surface area (Å²) in [6.45, 7) is -0.185. The quantitative estimate of drug-likeness (QED) is 0.610. The van der Waals surface area contributed by atoms with E-state index in [1.54, 1.807) is 6.07 Å². The van der Waals surface area contributed by atoms with E-state index in [0.717, 1.165) is 12.3 Å². The lowest BCUT2D eigenvalue weighted by molar-refractivity contribution is -0.142. The van der Waals surface area contributed by atoms with Crippen molar-refractivity contribution in [3.05, 3.63) is 35.4 Å². The number of halogens is 3. The molecule has 2 fully saturated rings. The van der Waals surface area contributed by atoms with E-state index in [1.807, 2.05) is 0 Å². The zero-order valence-electron chi connectivity index (χ0n) is 18.6. The number of likely N-dealkylation sites (tertiary alicyclic amines) is 1. The average Bonchev–Trinajstić information content (AvgIpc) is 2.76. The number of carbonyl (C=O) groups excluding carboxylic acids is 1. The van der Waals surface area contributed by atoms with Gasteiger partial charge in [-0.25, -0.2) is 13.1 Å². The van der Waals surface area contributed by atoms with Crippen LogP contribution < -0.4 is 4.72 Å². The van der Waals surface area contributed by atoms with E-state index in [-0.39, 0.29) is 18.6 Å². The zero-order chi connectivity index (χ0) is 24.2. The number of hydrogen-bond acceptors (Lipinski definition) is 5. The normalized spacial score (nSPS) is 26.9. The number of rotatable bonds is 7. The topological polar surface area (TPSA) is 95.9 Å². The molecule has 1 aliphatic heterocycles. The molecule has 11 heteroatoms. The summed E-state index contributed by atoms with van der Waals surface area (Å²) in [5.74, 6) is -0.694. The monoisotopic (exact) mass is 492 g/mol. The van der Waals surface area contributed by atoms with E-state index in [4.69, 9.17) is 4.74 Å². The first kappa shape index (κ1) is 25.9. The summed E-state index contributed by atoms with van der Waals surface area (Å²) >= 11 is 0. The molecule has 186 valence electrons. The van der Waals surface area contributed by atoms with Crippen molar-refractivity contribution in [2.24, 2.45) is 0 Å². The predicted octanol–water partition coefficient (Wildman–Crippen LogP) is 2.65. The van der Waals surface area contributed by atoms with Gasteiger partial charge in [0.1, 0.15) is 6.61 Å². The number of hydrogen-bond donors (Lipinski definition) is 2. The van der Waals surface area contributed by atoms with Gasteiger partial charge in [-0.2, -0.15) is 13.2 Å². The minimum absolute atomic E-state index is 0.0907. The standard InChI is InChI=1S/C22H31F3N2O5S/c1-33(30,31)26-19-7-4-12-27(21(29)13-28)20(19)14-32-16-10-8-15(9-11-16)17-5-2-3-6-18(17)22(23,24)25/h2-3,5-6,15-16,19-20,26,28H,4,7-14H2,1H3. The van der Waals surface area contributed by atoms with E-state index in [0.29, 0.717) is 50.6 Å². The summed E-state index contributed by atoms with van der Waals surface area (Å²) in [4.78, 5) is 13.7. The van der Waals surface area contributed by atoms with Gasteiger partial charge in [-0.15, -0.1) is 0 Å². The Labute approximate surface area is 192 Å². The molecule has 0 aromatic heterocycles. The lowest BCUT2D eigenvalue weighted by Gasteiger charge is -2.42. The summed E-state index contributed by atoms with van der Waals surface area (Å²) in [7, 11) is -3.51. The fraction of sp³-hybridized carbons (Fsp3) is 0.682. The molecule has 0 radical (unpaired) electrons. The Morgan fingerprint density at radius 2 is 1.85 bits per heavy atom. The number of aliphatic hydroxyl groups is 1. The molecule has 0 bridgehead atoms. The van der Waals surface area contributed by atoms with Crippen LogP contribution in [0.4, 0.5) is 13.2 Å². The maximum Gasteiger partial charge on any atom is 0.416 e. The number of nitrogens with one attached hydrogen (secondary N) is 1. The molecule has 1 aromatic rings. The minimum atomic E-state index is -4.39. The highest BCUT2D eigenvalue weighted by molar-refractivity contribution is 7.88. The molecule has 33 heavy (non-hydrogen) atoms. The van der Waals surface area contributed by atoms with Gasteiger partial charge in [0.25, 0.3) is 0 Å². The highest BCUT2D eigenvalue weighted by Gasteiger charge is 2.38. The molecule has 1 saturated carbocycles. The van der Waals surface area contributed by atoms with E-state index in [9.17, 15) is 31.5 Å². The molecule has 1 heterocycles.